The van der Waals surface area contributed by atoms with Gasteiger partial charge in [0.2, 0.25) is 0 Å². The molecule has 0 aliphatic rings. The molecule has 0 saturated carbocycles. The molecule has 1 N–H and O–H groups in total. The largest absolute Gasteiger partial charge is 0.481 e. The van der Waals surface area contributed by atoms with Crippen molar-refractivity contribution in [2.24, 2.45) is 0 Å². The van der Waals surface area contributed by atoms with Crippen LogP contribution in [-0.2, 0) is 9.63 Å². The first kappa shape index (κ1) is 13.1. The Kier molecular flexibility index (Phi) is 4.86. The smallest absolute Gasteiger partial charge is 0.284 e. The van der Waals surface area contributed by atoms with Gasteiger partial charge in [0.1, 0.15) is 5.75 Å². The first-order chi connectivity index (χ1) is 7.52. The van der Waals surface area contributed by atoms with Gasteiger partial charge in [-0.15, -0.1) is 0 Å². The number of amides is 1. The van der Waals surface area contributed by atoms with Crippen molar-refractivity contribution >= 4 is 29.1 Å². The van der Waals surface area contributed by atoms with E-state index in [4.69, 9.17) is 27.9 Å². The Hall–Kier alpha value is -0.970. The number of carbonyl (C=O) groups excluding carboxylic acids is 1. The first-order valence-electron chi connectivity index (χ1n) is 4.48. The average Bonchev–Trinajstić information content (AvgIpc) is 2.16. The van der Waals surface area contributed by atoms with Gasteiger partial charge in [0.15, 0.2) is 6.10 Å². The Labute approximate surface area is 103 Å². The Morgan fingerprint density at radius 3 is 2.38 bits per heavy atom. The fourth-order valence-electron chi connectivity index (χ4n) is 1.04. The summed E-state index contributed by atoms with van der Waals surface area (Å²) >= 11 is 11.6. The second-order valence-corrected chi connectivity index (χ2v) is 3.91. The summed E-state index contributed by atoms with van der Waals surface area (Å²) in [6.45, 7) is 1.59. The van der Waals surface area contributed by atoms with Crippen molar-refractivity contribution in [1.29, 1.82) is 0 Å². The molecule has 6 heteroatoms. The molecule has 0 spiro atoms. The van der Waals surface area contributed by atoms with Gasteiger partial charge in [-0.2, -0.15) is 0 Å². The summed E-state index contributed by atoms with van der Waals surface area (Å²) in [6.07, 6.45) is -0.700. The second-order valence-electron chi connectivity index (χ2n) is 3.04. The van der Waals surface area contributed by atoms with Crippen LogP contribution in [0.4, 0.5) is 0 Å². The van der Waals surface area contributed by atoms with Crippen molar-refractivity contribution in [3.05, 3.63) is 28.2 Å². The highest BCUT2D eigenvalue weighted by molar-refractivity contribution is 6.34. The molecule has 1 rings (SSSR count). The minimum absolute atomic E-state index is 0.390. The van der Waals surface area contributed by atoms with Gasteiger partial charge in [0.05, 0.1) is 7.11 Å². The Morgan fingerprint density at radius 1 is 1.31 bits per heavy atom. The highest BCUT2D eigenvalue weighted by atomic mass is 35.5. The highest BCUT2D eigenvalue weighted by Gasteiger charge is 2.14. The van der Waals surface area contributed by atoms with Crippen LogP contribution in [0.3, 0.4) is 0 Å². The minimum atomic E-state index is -0.700. The van der Waals surface area contributed by atoms with E-state index in [0.717, 1.165) is 0 Å². The van der Waals surface area contributed by atoms with Gasteiger partial charge in [-0.1, -0.05) is 23.2 Å². The number of carbonyl (C=O) groups is 1. The molecule has 1 aromatic carbocycles. The van der Waals surface area contributed by atoms with Gasteiger partial charge in [0.25, 0.3) is 5.91 Å². The van der Waals surface area contributed by atoms with Gasteiger partial charge < -0.3 is 4.74 Å². The number of halogens is 2. The molecule has 1 atom stereocenters. The van der Waals surface area contributed by atoms with Crippen LogP contribution in [0.15, 0.2) is 18.2 Å². The lowest BCUT2D eigenvalue weighted by Gasteiger charge is -2.13. The van der Waals surface area contributed by atoms with Gasteiger partial charge in [0, 0.05) is 10.0 Å². The molecule has 0 saturated heterocycles. The van der Waals surface area contributed by atoms with E-state index in [0.29, 0.717) is 15.8 Å². The lowest BCUT2D eigenvalue weighted by Crippen LogP contribution is -2.35. The number of hydrogen-bond donors (Lipinski definition) is 1. The quantitative estimate of drug-likeness (QED) is 0.849. The molecular formula is C10H11Cl2NO3. The summed E-state index contributed by atoms with van der Waals surface area (Å²) in [5, 5.41) is 0.892. The zero-order valence-corrected chi connectivity index (χ0v) is 10.3. The van der Waals surface area contributed by atoms with Crippen LogP contribution >= 0.6 is 23.2 Å². The second kappa shape index (κ2) is 5.94. The molecule has 0 heterocycles. The van der Waals surface area contributed by atoms with Crippen molar-refractivity contribution in [3.63, 3.8) is 0 Å². The lowest BCUT2D eigenvalue weighted by atomic mass is 10.3. The summed E-state index contributed by atoms with van der Waals surface area (Å²) in [5.74, 6) is 0.0369. The molecule has 1 aromatic rings. The lowest BCUT2D eigenvalue weighted by molar-refractivity contribution is -0.137. The van der Waals surface area contributed by atoms with E-state index in [9.17, 15) is 4.79 Å². The Bertz CT molecular complexity index is 364. The summed E-state index contributed by atoms with van der Waals surface area (Å²) in [6, 6.07) is 4.73. The van der Waals surface area contributed by atoms with Gasteiger partial charge in [-0.3, -0.25) is 9.63 Å². The van der Waals surface area contributed by atoms with E-state index in [1.54, 1.807) is 25.1 Å². The molecule has 4 nitrogen and oxygen atoms in total. The van der Waals surface area contributed by atoms with E-state index >= 15 is 0 Å². The fraction of sp³-hybridized carbons (Fsp3) is 0.300. The van der Waals surface area contributed by atoms with Gasteiger partial charge in [-0.05, 0) is 25.1 Å². The van der Waals surface area contributed by atoms with E-state index in [1.807, 2.05) is 0 Å². The van der Waals surface area contributed by atoms with Crippen LogP contribution < -0.4 is 10.2 Å². The third-order valence-electron chi connectivity index (χ3n) is 1.72. The zero-order chi connectivity index (χ0) is 12.1. The zero-order valence-electron chi connectivity index (χ0n) is 8.79. The number of benzene rings is 1. The van der Waals surface area contributed by atoms with Crippen LogP contribution in [0.1, 0.15) is 6.92 Å². The minimum Gasteiger partial charge on any atom is -0.481 e. The van der Waals surface area contributed by atoms with Crippen molar-refractivity contribution in [3.8, 4) is 5.75 Å². The number of rotatable bonds is 4. The molecule has 0 fully saturated rings. The maximum Gasteiger partial charge on any atom is 0.284 e. The molecular weight excluding hydrogens is 253 g/mol. The maximum absolute atomic E-state index is 11.3. The van der Waals surface area contributed by atoms with Gasteiger partial charge in [-0.25, -0.2) is 5.48 Å². The molecule has 88 valence electrons. The standard InChI is InChI=1S/C10H11Cl2NO3/c1-6(10(14)13-15-2)16-9-4-7(11)3-8(12)5-9/h3-6H,1-2H3,(H,13,14)/t6-/m0/s1. The predicted octanol–water partition coefficient (Wildman–Crippen LogP) is 2.44. The van der Waals surface area contributed by atoms with E-state index in [1.165, 1.54) is 7.11 Å². The Balaban J connectivity index is 2.69. The van der Waals surface area contributed by atoms with Crippen LogP contribution in [0, 0.1) is 0 Å². The highest BCUT2D eigenvalue weighted by Crippen LogP contribution is 2.24. The van der Waals surface area contributed by atoms with Gasteiger partial charge >= 0.3 is 0 Å². The molecule has 16 heavy (non-hydrogen) atoms. The summed E-state index contributed by atoms with van der Waals surface area (Å²) < 4.78 is 5.33. The van der Waals surface area contributed by atoms with Crippen molar-refractivity contribution < 1.29 is 14.4 Å². The molecule has 1 amide bonds. The SMILES string of the molecule is CONC(=O)[C@H](C)Oc1cc(Cl)cc(Cl)c1. The van der Waals surface area contributed by atoms with E-state index in [2.05, 4.69) is 10.3 Å². The predicted molar refractivity (Wildman–Crippen MR) is 61.7 cm³/mol. The van der Waals surface area contributed by atoms with Crippen LogP contribution in [0.2, 0.25) is 10.0 Å². The van der Waals surface area contributed by atoms with Crippen LogP contribution in [0.25, 0.3) is 0 Å². The van der Waals surface area contributed by atoms with Crippen molar-refractivity contribution in [2.45, 2.75) is 13.0 Å². The molecule has 0 unspecified atom stereocenters. The van der Waals surface area contributed by atoms with Crippen molar-refractivity contribution in [2.75, 3.05) is 7.11 Å². The van der Waals surface area contributed by atoms with Crippen LogP contribution in [0.5, 0.6) is 5.75 Å². The number of hydroxylamine groups is 1. The van der Waals surface area contributed by atoms with Crippen LogP contribution in [-0.4, -0.2) is 19.1 Å². The molecule has 0 aromatic heterocycles. The van der Waals surface area contributed by atoms with E-state index in [-0.39, 0.29) is 0 Å². The average molecular weight is 264 g/mol. The van der Waals surface area contributed by atoms with Crippen molar-refractivity contribution in [1.82, 2.24) is 5.48 Å². The molecule has 0 radical (unpaired) electrons. The number of ether oxygens (including phenoxy) is 1. The molecule has 0 aliphatic carbocycles. The summed E-state index contributed by atoms with van der Waals surface area (Å²) in [5.41, 5.74) is 2.16. The number of hydrogen-bond acceptors (Lipinski definition) is 3. The summed E-state index contributed by atoms with van der Waals surface area (Å²) in [7, 11) is 1.35. The topological polar surface area (TPSA) is 47.6 Å². The third kappa shape index (κ3) is 3.89. The normalized spacial score (nSPS) is 12.0. The number of nitrogens with one attached hydrogen (secondary N) is 1. The fourth-order valence-corrected chi connectivity index (χ4v) is 1.54. The van der Waals surface area contributed by atoms with E-state index < -0.39 is 12.0 Å². The monoisotopic (exact) mass is 263 g/mol. The molecule has 0 aliphatic heterocycles. The summed E-state index contributed by atoms with van der Waals surface area (Å²) in [4.78, 5) is 15.8. The maximum atomic E-state index is 11.3. The third-order valence-corrected chi connectivity index (χ3v) is 2.16. The molecule has 0 bridgehead atoms. The first-order valence-corrected chi connectivity index (χ1v) is 5.24. The Morgan fingerprint density at radius 2 is 1.88 bits per heavy atom.